The van der Waals surface area contributed by atoms with Gasteiger partial charge in [-0.3, -0.25) is 4.79 Å². The van der Waals surface area contributed by atoms with Crippen LogP contribution >= 0.6 is 0 Å². The van der Waals surface area contributed by atoms with E-state index in [1.807, 2.05) is 0 Å². The van der Waals surface area contributed by atoms with E-state index in [1.54, 1.807) is 0 Å². The minimum Gasteiger partial charge on any atom is -0.394 e. The number of amides is 1. The molecular formula is C65H127NO13. The van der Waals surface area contributed by atoms with Gasteiger partial charge < -0.3 is 65.1 Å². The molecule has 0 spiro atoms. The summed E-state index contributed by atoms with van der Waals surface area (Å²) >= 11 is 0. The number of carbonyl (C=O) groups excluding carboxylic acids is 1. The summed E-state index contributed by atoms with van der Waals surface area (Å²) in [6, 6.07) is -0.821. The van der Waals surface area contributed by atoms with Gasteiger partial charge in [0.2, 0.25) is 5.91 Å². The average molecular weight is 1130 g/mol. The van der Waals surface area contributed by atoms with Crippen molar-refractivity contribution in [3.05, 3.63) is 0 Å². The molecule has 9 N–H and O–H groups in total. The average Bonchev–Trinajstić information content (AvgIpc) is 3.47. The zero-order valence-corrected chi connectivity index (χ0v) is 50.9. The first-order chi connectivity index (χ1) is 38.6. The van der Waals surface area contributed by atoms with Crippen LogP contribution in [0.2, 0.25) is 0 Å². The van der Waals surface area contributed by atoms with E-state index in [0.717, 1.165) is 51.4 Å². The van der Waals surface area contributed by atoms with Gasteiger partial charge in [-0.25, -0.2) is 0 Å². The molecule has 470 valence electrons. The van der Waals surface area contributed by atoms with Gasteiger partial charge in [0, 0.05) is 6.42 Å². The summed E-state index contributed by atoms with van der Waals surface area (Å²) in [5, 5.41) is 87.0. The Morgan fingerprint density at radius 3 is 1.08 bits per heavy atom. The lowest BCUT2D eigenvalue weighted by Crippen LogP contribution is -2.65. The fourth-order valence-corrected chi connectivity index (χ4v) is 11.7. The van der Waals surface area contributed by atoms with Crippen molar-refractivity contribution in [3.8, 4) is 0 Å². The number of carbonyl (C=O) groups is 1. The molecule has 79 heavy (non-hydrogen) atoms. The van der Waals surface area contributed by atoms with Gasteiger partial charge in [0.05, 0.1) is 32.0 Å². The molecule has 0 bridgehead atoms. The largest absolute Gasteiger partial charge is 0.394 e. The van der Waals surface area contributed by atoms with Crippen LogP contribution in [0.1, 0.15) is 316 Å². The number of hydrogen-bond acceptors (Lipinski definition) is 13. The second-order valence-corrected chi connectivity index (χ2v) is 24.3. The first-order valence-electron chi connectivity index (χ1n) is 33.8. The van der Waals surface area contributed by atoms with Crippen LogP contribution in [0.5, 0.6) is 0 Å². The molecule has 0 saturated carbocycles. The van der Waals surface area contributed by atoms with E-state index in [-0.39, 0.29) is 12.5 Å². The smallest absolute Gasteiger partial charge is 0.220 e. The highest BCUT2D eigenvalue weighted by atomic mass is 16.7. The number of hydrogen-bond donors (Lipinski definition) is 9. The van der Waals surface area contributed by atoms with Crippen LogP contribution in [0.15, 0.2) is 0 Å². The standard InChI is InChI=1S/C65H127NO13/c1-3-5-7-9-11-13-14-15-16-17-18-19-20-21-22-23-24-25-26-27-28-29-30-31-32-33-34-35-36-37-38-39-40-41-43-45-47-49-57(70)66-53(54(69)48-46-44-42-12-10-8-6-4-2)52-76-64-62(75)60(73)63(56(51-68)78-64)79-65-61(74)59(72)58(71)55(50-67)77-65/h53-56,58-65,67-69,71-75H,3-52H2,1-2H3,(H,66,70). The summed E-state index contributed by atoms with van der Waals surface area (Å²) in [4.78, 5) is 13.2. The fourth-order valence-electron chi connectivity index (χ4n) is 11.7. The molecule has 0 aromatic heterocycles. The van der Waals surface area contributed by atoms with Crippen molar-refractivity contribution in [2.24, 2.45) is 0 Å². The van der Waals surface area contributed by atoms with Gasteiger partial charge in [0.25, 0.3) is 0 Å². The quantitative estimate of drug-likeness (QED) is 0.0259. The van der Waals surface area contributed by atoms with Crippen molar-refractivity contribution in [1.29, 1.82) is 0 Å². The Morgan fingerprint density at radius 1 is 0.405 bits per heavy atom. The van der Waals surface area contributed by atoms with Gasteiger partial charge in [-0.05, 0) is 12.8 Å². The lowest BCUT2D eigenvalue weighted by atomic mass is 9.97. The number of aliphatic hydroxyl groups excluding tert-OH is 8. The third-order valence-corrected chi connectivity index (χ3v) is 17.1. The maximum absolute atomic E-state index is 13.2. The maximum Gasteiger partial charge on any atom is 0.220 e. The van der Waals surface area contributed by atoms with Gasteiger partial charge in [0.15, 0.2) is 12.6 Å². The van der Waals surface area contributed by atoms with E-state index in [0.29, 0.717) is 12.8 Å². The van der Waals surface area contributed by atoms with Crippen LogP contribution in [-0.4, -0.2) is 140 Å². The summed E-state index contributed by atoms with van der Waals surface area (Å²) in [5.74, 6) is -0.203. The van der Waals surface area contributed by atoms with Crippen LogP contribution < -0.4 is 5.32 Å². The summed E-state index contributed by atoms with van der Waals surface area (Å²) in [5.41, 5.74) is 0. The Morgan fingerprint density at radius 2 is 0.722 bits per heavy atom. The second-order valence-electron chi connectivity index (χ2n) is 24.3. The van der Waals surface area contributed by atoms with Gasteiger partial charge in [-0.1, -0.05) is 296 Å². The van der Waals surface area contributed by atoms with E-state index >= 15 is 0 Å². The van der Waals surface area contributed by atoms with Crippen molar-refractivity contribution in [2.75, 3.05) is 19.8 Å². The van der Waals surface area contributed by atoms with E-state index in [1.165, 1.54) is 238 Å². The van der Waals surface area contributed by atoms with Gasteiger partial charge in [-0.15, -0.1) is 0 Å². The topological polar surface area (TPSA) is 228 Å². The molecule has 2 rings (SSSR count). The predicted molar refractivity (Wildman–Crippen MR) is 319 cm³/mol. The summed E-state index contributed by atoms with van der Waals surface area (Å²) in [7, 11) is 0. The molecule has 2 aliphatic rings. The molecule has 2 aliphatic heterocycles. The van der Waals surface area contributed by atoms with Crippen LogP contribution in [0.4, 0.5) is 0 Å². The van der Waals surface area contributed by atoms with Crippen LogP contribution in [-0.2, 0) is 23.7 Å². The minimum atomic E-state index is -1.78. The molecule has 12 atom stereocenters. The van der Waals surface area contributed by atoms with Gasteiger partial charge in [-0.2, -0.15) is 0 Å². The minimum absolute atomic E-state index is 0.203. The van der Waals surface area contributed by atoms with Crippen LogP contribution in [0.3, 0.4) is 0 Å². The number of rotatable bonds is 56. The Kier molecular flexibility index (Phi) is 48.2. The molecule has 14 nitrogen and oxygen atoms in total. The molecule has 0 aliphatic carbocycles. The van der Waals surface area contributed by atoms with Crippen molar-refractivity contribution in [1.82, 2.24) is 5.32 Å². The number of nitrogens with one attached hydrogen (secondary N) is 1. The summed E-state index contributed by atoms with van der Waals surface area (Å²) in [6.07, 6.45) is 43.4. The normalized spacial score (nSPS) is 24.3. The summed E-state index contributed by atoms with van der Waals surface area (Å²) in [6.45, 7) is 2.85. The third-order valence-electron chi connectivity index (χ3n) is 17.1. The van der Waals surface area contributed by atoms with Crippen molar-refractivity contribution in [3.63, 3.8) is 0 Å². The van der Waals surface area contributed by atoms with E-state index in [2.05, 4.69) is 19.2 Å². The molecule has 0 radical (unpaired) electrons. The van der Waals surface area contributed by atoms with Crippen molar-refractivity contribution >= 4 is 5.91 Å². The Bertz CT molecular complexity index is 1330. The number of ether oxygens (including phenoxy) is 4. The monoisotopic (exact) mass is 1130 g/mol. The molecule has 0 aromatic rings. The molecule has 2 fully saturated rings. The maximum atomic E-state index is 13.2. The van der Waals surface area contributed by atoms with Gasteiger partial charge >= 0.3 is 0 Å². The lowest BCUT2D eigenvalue weighted by molar-refractivity contribution is -0.359. The molecule has 0 aromatic carbocycles. The number of unbranched alkanes of at least 4 members (excludes halogenated alkanes) is 43. The first-order valence-corrected chi connectivity index (χ1v) is 33.8. The third kappa shape index (κ3) is 36.4. The fraction of sp³-hybridized carbons (Fsp3) is 0.985. The highest BCUT2D eigenvalue weighted by Crippen LogP contribution is 2.30. The lowest BCUT2D eigenvalue weighted by Gasteiger charge is -2.46. The molecule has 14 heteroatoms. The van der Waals surface area contributed by atoms with E-state index in [4.69, 9.17) is 18.9 Å². The molecule has 1 amide bonds. The van der Waals surface area contributed by atoms with Gasteiger partial charge in [0.1, 0.15) is 48.8 Å². The summed E-state index contributed by atoms with van der Waals surface area (Å²) < 4.78 is 22.8. The highest BCUT2D eigenvalue weighted by Gasteiger charge is 2.51. The first kappa shape index (κ1) is 74.1. The number of aliphatic hydroxyl groups is 8. The van der Waals surface area contributed by atoms with E-state index in [9.17, 15) is 45.6 Å². The zero-order valence-electron chi connectivity index (χ0n) is 50.9. The van der Waals surface area contributed by atoms with Crippen molar-refractivity contribution in [2.45, 2.75) is 389 Å². The molecule has 12 unspecified atom stereocenters. The molecule has 2 saturated heterocycles. The zero-order chi connectivity index (χ0) is 57.4. The Hall–Kier alpha value is -1.01. The Labute approximate surface area is 483 Å². The van der Waals surface area contributed by atoms with Crippen LogP contribution in [0.25, 0.3) is 0 Å². The van der Waals surface area contributed by atoms with Crippen molar-refractivity contribution < 1.29 is 64.6 Å². The van der Waals surface area contributed by atoms with E-state index < -0.39 is 86.8 Å². The molecular weight excluding hydrogens is 1000 g/mol. The highest BCUT2D eigenvalue weighted by molar-refractivity contribution is 5.76. The SMILES string of the molecule is CCCCCCCCCCCCCCCCCCCCCCCCCCCCCCCCCCCCCCCC(=O)NC(COC1OC(CO)C(OC2OC(CO)C(O)C(O)C2O)C(O)C1O)C(O)CCCCCCCCCC. The van der Waals surface area contributed by atoms with Crippen LogP contribution in [0, 0.1) is 0 Å². The Balaban J connectivity index is 1.50. The molecule has 2 heterocycles. The predicted octanol–water partition coefficient (Wildman–Crippen LogP) is 12.8. The second kappa shape index (κ2) is 51.4.